The van der Waals surface area contributed by atoms with Gasteiger partial charge in [0.05, 0.1) is 17.6 Å². The molecule has 0 saturated carbocycles. The molecule has 0 aliphatic rings. The molecule has 0 radical (unpaired) electrons. The molecule has 0 heterocycles. The number of ether oxygens (including phenoxy) is 1. The first-order valence-corrected chi connectivity index (χ1v) is 9.91. The van der Waals surface area contributed by atoms with E-state index in [4.69, 9.17) is 4.74 Å². The van der Waals surface area contributed by atoms with Gasteiger partial charge in [0, 0.05) is 26.3 Å². The Balaban J connectivity index is 2.06. The third kappa shape index (κ3) is 4.97. The summed E-state index contributed by atoms with van der Waals surface area (Å²) in [5, 5.41) is 10.3. The van der Waals surface area contributed by atoms with E-state index in [2.05, 4.69) is 4.72 Å². The van der Waals surface area contributed by atoms with Gasteiger partial charge in [-0.25, -0.2) is 13.1 Å². The molecule has 2 aromatic carbocycles. The van der Waals surface area contributed by atoms with Crippen molar-refractivity contribution in [1.82, 2.24) is 4.72 Å². The second-order valence-corrected chi connectivity index (χ2v) is 7.98. The number of rotatable bonds is 8. The molecule has 1 atom stereocenters. The van der Waals surface area contributed by atoms with E-state index in [0.717, 1.165) is 11.3 Å². The number of sulfonamides is 1. The normalized spacial score (nSPS) is 12.7. The molecule has 2 rings (SSSR count). The summed E-state index contributed by atoms with van der Waals surface area (Å²) < 4.78 is 32.8. The van der Waals surface area contributed by atoms with E-state index >= 15 is 0 Å². The molecule has 0 aliphatic heterocycles. The van der Waals surface area contributed by atoms with Crippen molar-refractivity contribution in [2.45, 2.75) is 24.8 Å². The van der Waals surface area contributed by atoms with Crippen LogP contribution in [0.25, 0.3) is 0 Å². The predicted octanol–water partition coefficient (Wildman–Crippen LogP) is 2.47. The zero-order valence-electron chi connectivity index (χ0n) is 15.6. The lowest BCUT2D eigenvalue weighted by atomic mass is 10.1. The van der Waals surface area contributed by atoms with E-state index in [1.807, 2.05) is 38.1 Å². The Labute approximate surface area is 155 Å². The van der Waals surface area contributed by atoms with Gasteiger partial charge in [-0.3, -0.25) is 0 Å². The van der Waals surface area contributed by atoms with Crippen molar-refractivity contribution in [3.8, 4) is 5.75 Å². The van der Waals surface area contributed by atoms with Crippen molar-refractivity contribution in [2.75, 3.05) is 32.1 Å². The van der Waals surface area contributed by atoms with Gasteiger partial charge in [0.2, 0.25) is 10.0 Å². The van der Waals surface area contributed by atoms with Crippen LogP contribution in [0.2, 0.25) is 0 Å². The fourth-order valence-corrected chi connectivity index (χ4v) is 3.61. The molecule has 0 amide bonds. The minimum atomic E-state index is -3.71. The maximum Gasteiger partial charge on any atom is 0.240 e. The molecule has 1 unspecified atom stereocenters. The second kappa shape index (κ2) is 8.53. The van der Waals surface area contributed by atoms with E-state index in [-0.39, 0.29) is 11.4 Å². The lowest BCUT2D eigenvalue weighted by Crippen LogP contribution is -2.28. The summed E-state index contributed by atoms with van der Waals surface area (Å²) in [6.07, 6.45) is -0.926. The monoisotopic (exact) mass is 378 g/mol. The summed E-state index contributed by atoms with van der Waals surface area (Å²) in [7, 11) is 0.145. The fourth-order valence-electron chi connectivity index (χ4n) is 2.49. The van der Waals surface area contributed by atoms with Crippen LogP contribution in [0.1, 0.15) is 24.2 Å². The Bertz CT molecular complexity index is 833. The average Bonchev–Trinajstić information content (AvgIpc) is 2.61. The minimum Gasteiger partial charge on any atom is -0.494 e. The first-order chi connectivity index (χ1) is 12.2. The lowest BCUT2D eigenvalue weighted by Gasteiger charge is -2.16. The minimum absolute atomic E-state index is 0.101. The number of anilines is 1. The molecule has 0 aliphatic carbocycles. The Morgan fingerprint density at radius 1 is 1.15 bits per heavy atom. The summed E-state index contributed by atoms with van der Waals surface area (Å²) in [5.41, 5.74) is 2.40. The Morgan fingerprint density at radius 3 is 2.35 bits per heavy atom. The van der Waals surface area contributed by atoms with Gasteiger partial charge in [-0.2, -0.15) is 0 Å². The summed E-state index contributed by atoms with van der Waals surface area (Å²) in [5.74, 6) is 0.660. The number of aliphatic hydroxyl groups excluding tert-OH is 1. The predicted molar refractivity (Wildman–Crippen MR) is 103 cm³/mol. The smallest absolute Gasteiger partial charge is 0.240 e. The number of aliphatic hydroxyl groups is 1. The number of aryl methyl sites for hydroxylation is 1. The molecule has 6 nitrogen and oxygen atoms in total. The number of hydrogen-bond acceptors (Lipinski definition) is 5. The highest BCUT2D eigenvalue weighted by atomic mass is 32.2. The molecular weight excluding hydrogens is 352 g/mol. The average molecular weight is 378 g/mol. The molecule has 0 bridgehead atoms. The molecule has 2 N–H and O–H groups in total. The van der Waals surface area contributed by atoms with E-state index < -0.39 is 16.1 Å². The molecular formula is C19H26N2O4S. The van der Waals surface area contributed by atoms with Crippen LogP contribution in [-0.4, -0.2) is 40.8 Å². The third-order valence-corrected chi connectivity index (χ3v) is 5.44. The zero-order chi connectivity index (χ0) is 19.3. The lowest BCUT2D eigenvalue weighted by molar-refractivity contribution is 0.182. The van der Waals surface area contributed by atoms with Gasteiger partial charge < -0.3 is 14.7 Å². The van der Waals surface area contributed by atoms with Gasteiger partial charge in [-0.05, 0) is 55.3 Å². The summed E-state index contributed by atoms with van der Waals surface area (Å²) >= 11 is 0. The van der Waals surface area contributed by atoms with Gasteiger partial charge in [0.15, 0.2) is 0 Å². The first kappa shape index (κ1) is 20.2. The van der Waals surface area contributed by atoms with Crippen molar-refractivity contribution >= 4 is 15.7 Å². The number of benzene rings is 2. The fraction of sp³-hybridized carbons (Fsp3) is 0.368. The van der Waals surface area contributed by atoms with Crippen molar-refractivity contribution in [1.29, 1.82) is 0 Å². The van der Waals surface area contributed by atoms with Gasteiger partial charge in [0.1, 0.15) is 5.75 Å². The molecule has 142 valence electrons. The molecule has 7 heteroatoms. The second-order valence-electron chi connectivity index (χ2n) is 6.21. The van der Waals surface area contributed by atoms with Crippen LogP contribution in [0.5, 0.6) is 5.75 Å². The topological polar surface area (TPSA) is 78.9 Å². The van der Waals surface area contributed by atoms with Crippen molar-refractivity contribution < 1.29 is 18.3 Å². The Morgan fingerprint density at radius 2 is 1.81 bits per heavy atom. The van der Waals surface area contributed by atoms with E-state index in [1.165, 1.54) is 6.07 Å². The number of hydrogen-bond donors (Lipinski definition) is 2. The van der Waals surface area contributed by atoms with Gasteiger partial charge in [-0.15, -0.1) is 0 Å². The highest BCUT2D eigenvalue weighted by Crippen LogP contribution is 2.22. The van der Waals surface area contributed by atoms with E-state index in [1.54, 1.807) is 31.2 Å². The zero-order valence-corrected chi connectivity index (χ0v) is 16.4. The van der Waals surface area contributed by atoms with Crippen LogP contribution in [0.3, 0.4) is 0 Å². The molecule has 0 spiro atoms. The highest BCUT2D eigenvalue weighted by Gasteiger charge is 2.18. The van der Waals surface area contributed by atoms with Crippen LogP contribution >= 0.6 is 0 Å². The van der Waals surface area contributed by atoms with Gasteiger partial charge >= 0.3 is 0 Å². The van der Waals surface area contributed by atoms with Crippen LogP contribution in [0.15, 0.2) is 47.4 Å². The summed E-state index contributed by atoms with van der Waals surface area (Å²) in [6.45, 7) is 4.09. The standard InChI is InChI=1S/C19H26N2O4S/c1-5-25-19-11-10-17(12-14(19)2)26(23,24)20-13-18(22)15-6-8-16(9-7-15)21(3)4/h6-12,18,20,22H,5,13H2,1-4H3. The highest BCUT2D eigenvalue weighted by molar-refractivity contribution is 7.89. The summed E-state index contributed by atoms with van der Waals surface area (Å²) in [6, 6.07) is 12.0. The van der Waals surface area contributed by atoms with Crippen LogP contribution in [0, 0.1) is 6.92 Å². The van der Waals surface area contributed by atoms with Gasteiger partial charge in [0.25, 0.3) is 0 Å². The van der Waals surface area contributed by atoms with Crippen molar-refractivity contribution in [3.63, 3.8) is 0 Å². The van der Waals surface area contributed by atoms with Crippen LogP contribution in [-0.2, 0) is 10.0 Å². The summed E-state index contributed by atoms with van der Waals surface area (Å²) in [4.78, 5) is 2.10. The Kier molecular flexibility index (Phi) is 6.63. The molecule has 0 fully saturated rings. The first-order valence-electron chi connectivity index (χ1n) is 8.43. The quantitative estimate of drug-likeness (QED) is 0.738. The number of nitrogens with one attached hydrogen (secondary N) is 1. The maximum atomic E-state index is 12.5. The molecule has 0 saturated heterocycles. The maximum absolute atomic E-state index is 12.5. The van der Waals surface area contributed by atoms with E-state index in [9.17, 15) is 13.5 Å². The van der Waals surface area contributed by atoms with Crippen molar-refractivity contribution in [2.24, 2.45) is 0 Å². The molecule has 2 aromatic rings. The molecule has 0 aromatic heterocycles. The Hall–Kier alpha value is -2.09. The third-order valence-electron chi connectivity index (χ3n) is 4.02. The number of nitrogens with zero attached hydrogens (tertiary/aromatic N) is 1. The SMILES string of the molecule is CCOc1ccc(S(=O)(=O)NCC(O)c2ccc(N(C)C)cc2)cc1C. The van der Waals surface area contributed by atoms with Crippen molar-refractivity contribution in [3.05, 3.63) is 53.6 Å². The van der Waals surface area contributed by atoms with Crippen LogP contribution < -0.4 is 14.4 Å². The van der Waals surface area contributed by atoms with Crippen LogP contribution in [0.4, 0.5) is 5.69 Å². The molecule has 26 heavy (non-hydrogen) atoms. The largest absolute Gasteiger partial charge is 0.494 e. The van der Waals surface area contributed by atoms with E-state index in [0.29, 0.717) is 17.9 Å². The van der Waals surface area contributed by atoms with Gasteiger partial charge in [-0.1, -0.05) is 12.1 Å².